The van der Waals surface area contributed by atoms with Crippen LogP contribution < -0.4 is 15.8 Å². The number of rotatable bonds is 4. The van der Waals surface area contributed by atoms with Crippen LogP contribution in [0, 0.1) is 11.3 Å². The van der Waals surface area contributed by atoms with Crippen LogP contribution in [0.15, 0.2) is 24.3 Å². The summed E-state index contributed by atoms with van der Waals surface area (Å²) in [7, 11) is 0. The van der Waals surface area contributed by atoms with Crippen molar-refractivity contribution in [1.29, 1.82) is 5.26 Å². The van der Waals surface area contributed by atoms with Crippen LogP contribution in [0.2, 0.25) is 0 Å². The first-order valence-electron chi connectivity index (χ1n) is 4.36. The normalized spacial score (nSPS) is 9.07. The third-order valence-corrected chi connectivity index (χ3v) is 1.63. The molecule has 0 heterocycles. The Morgan fingerprint density at radius 1 is 1.47 bits per heavy atom. The van der Waals surface area contributed by atoms with Crippen LogP contribution in [-0.2, 0) is 4.79 Å². The number of benzene rings is 1. The predicted molar refractivity (Wildman–Crippen MR) is 55.2 cm³/mol. The molecule has 0 bridgehead atoms. The Balaban J connectivity index is 2.57. The van der Waals surface area contributed by atoms with Gasteiger partial charge in [0.25, 0.3) is 0 Å². The molecule has 0 atom stereocenters. The first-order valence-corrected chi connectivity index (χ1v) is 4.36. The molecule has 0 aliphatic heterocycles. The van der Waals surface area contributed by atoms with Crippen molar-refractivity contribution in [2.75, 3.05) is 18.5 Å². The van der Waals surface area contributed by atoms with E-state index in [0.717, 1.165) is 0 Å². The number of anilines is 1. The number of hydrogen-bond acceptors (Lipinski definition) is 4. The van der Waals surface area contributed by atoms with Crippen molar-refractivity contribution < 1.29 is 9.53 Å². The number of nitrogens with one attached hydrogen (secondary N) is 1. The third kappa shape index (κ3) is 3.67. The molecule has 0 aliphatic carbocycles. The maximum atomic E-state index is 10.9. The van der Waals surface area contributed by atoms with Gasteiger partial charge in [0.05, 0.1) is 6.54 Å². The lowest BCUT2D eigenvalue weighted by Crippen LogP contribution is -2.21. The summed E-state index contributed by atoms with van der Waals surface area (Å²) in [5, 5.41) is 10.9. The Bertz CT molecular complexity index is 367. The minimum Gasteiger partial charge on any atom is -0.479 e. The molecule has 15 heavy (non-hydrogen) atoms. The van der Waals surface area contributed by atoms with Gasteiger partial charge >= 0.3 is 0 Å². The lowest BCUT2D eigenvalue weighted by molar-refractivity contribution is -0.114. The average Bonchev–Trinajstić information content (AvgIpc) is 2.28. The van der Waals surface area contributed by atoms with E-state index in [4.69, 9.17) is 15.7 Å². The van der Waals surface area contributed by atoms with E-state index >= 15 is 0 Å². The summed E-state index contributed by atoms with van der Waals surface area (Å²) in [5.41, 5.74) is 5.79. The molecular weight excluding hydrogens is 194 g/mol. The van der Waals surface area contributed by atoms with Crippen LogP contribution in [0.1, 0.15) is 0 Å². The molecule has 0 spiro atoms. The SMILES string of the molecule is N#CCOc1ccc(NC(=O)CN)cc1. The third-order valence-electron chi connectivity index (χ3n) is 1.63. The fourth-order valence-corrected chi connectivity index (χ4v) is 0.962. The van der Waals surface area contributed by atoms with E-state index in [9.17, 15) is 4.79 Å². The van der Waals surface area contributed by atoms with Gasteiger partial charge in [-0.1, -0.05) is 0 Å². The molecule has 78 valence electrons. The first kappa shape index (κ1) is 11.0. The maximum Gasteiger partial charge on any atom is 0.238 e. The number of amides is 1. The van der Waals surface area contributed by atoms with Gasteiger partial charge < -0.3 is 15.8 Å². The van der Waals surface area contributed by atoms with E-state index in [2.05, 4.69) is 5.32 Å². The molecular formula is C10H11N3O2. The van der Waals surface area contributed by atoms with Crippen LogP contribution in [0.25, 0.3) is 0 Å². The summed E-state index contributed by atoms with van der Waals surface area (Å²) in [4.78, 5) is 10.9. The lowest BCUT2D eigenvalue weighted by atomic mass is 10.3. The minimum atomic E-state index is -0.249. The molecule has 3 N–H and O–H groups in total. The Labute approximate surface area is 87.4 Å². The minimum absolute atomic E-state index is 0.00844. The van der Waals surface area contributed by atoms with E-state index in [0.29, 0.717) is 11.4 Å². The smallest absolute Gasteiger partial charge is 0.238 e. The lowest BCUT2D eigenvalue weighted by Gasteiger charge is -2.05. The standard InChI is InChI=1S/C10H11N3O2/c11-5-6-15-9-3-1-8(2-4-9)13-10(14)7-12/h1-4H,6-7,12H2,(H,13,14). The van der Waals surface area contributed by atoms with Gasteiger partial charge in [-0.05, 0) is 24.3 Å². The van der Waals surface area contributed by atoms with Crippen LogP contribution in [0.4, 0.5) is 5.69 Å². The number of carbonyl (C=O) groups excluding carboxylic acids is 1. The highest BCUT2D eigenvalue weighted by Gasteiger charge is 1.99. The zero-order valence-corrected chi connectivity index (χ0v) is 8.06. The number of nitrogens with two attached hydrogens (primary N) is 1. The second kappa shape index (κ2) is 5.62. The summed E-state index contributed by atoms with van der Waals surface area (Å²) < 4.78 is 5.04. The largest absolute Gasteiger partial charge is 0.479 e. The van der Waals surface area contributed by atoms with Crippen molar-refractivity contribution in [2.45, 2.75) is 0 Å². The molecule has 0 aromatic heterocycles. The molecule has 0 fully saturated rings. The molecule has 5 nitrogen and oxygen atoms in total. The van der Waals surface area contributed by atoms with Gasteiger partial charge in [0, 0.05) is 5.69 Å². The zero-order chi connectivity index (χ0) is 11.1. The van der Waals surface area contributed by atoms with Gasteiger partial charge in [-0.25, -0.2) is 0 Å². The molecule has 0 saturated heterocycles. The van der Waals surface area contributed by atoms with E-state index in [1.807, 2.05) is 6.07 Å². The molecule has 1 rings (SSSR count). The van der Waals surface area contributed by atoms with Crippen molar-refractivity contribution in [1.82, 2.24) is 0 Å². The second-order valence-electron chi connectivity index (χ2n) is 2.72. The number of nitrogens with zero attached hydrogens (tertiary/aromatic N) is 1. The van der Waals surface area contributed by atoms with Crippen molar-refractivity contribution in [3.8, 4) is 11.8 Å². The van der Waals surface area contributed by atoms with Crippen LogP contribution in [0.5, 0.6) is 5.75 Å². The van der Waals surface area contributed by atoms with Gasteiger partial charge in [0.1, 0.15) is 11.8 Å². The molecule has 1 amide bonds. The molecule has 1 aromatic rings. The van der Waals surface area contributed by atoms with Gasteiger partial charge in [0.15, 0.2) is 6.61 Å². The summed E-state index contributed by atoms with van der Waals surface area (Å²) in [6.07, 6.45) is 0. The van der Waals surface area contributed by atoms with Crippen LogP contribution >= 0.6 is 0 Å². The Morgan fingerprint density at radius 3 is 2.67 bits per heavy atom. The van der Waals surface area contributed by atoms with E-state index in [1.54, 1.807) is 24.3 Å². The summed E-state index contributed by atoms with van der Waals surface area (Å²) >= 11 is 0. The highest BCUT2D eigenvalue weighted by molar-refractivity contribution is 5.92. The predicted octanol–water partition coefficient (Wildman–Crippen LogP) is 0.486. The average molecular weight is 205 g/mol. The highest BCUT2D eigenvalue weighted by Crippen LogP contribution is 2.15. The number of carbonyl (C=O) groups is 1. The molecule has 0 unspecified atom stereocenters. The molecule has 0 aliphatic rings. The van der Waals surface area contributed by atoms with Gasteiger partial charge in [-0.2, -0.15) is 5.26 Å². The monoisotopic (exact) mass is 205 g/mol. The Kier molecular flexibility index (Phi) is 4.13. The van der Waals surface area contributed by atoms with E-state index in [1.165, 1.54) is 0 Å². The number of nitriles is 1. The molecule has 1 aromatic carbocycles. The van der Waals surface area contributed by atoms with Crippen molar-refractivity contribution >= 4 is 11.6 Å². The summed E-state index contributed by atoms with van der Waals surface area (Å²) in [6.45, 7) is -0.0405. The van der Waals surface area contributed by atoms with E-state index in [-0.39, 0.29) is 19.1 Å². The maximum absolute atomic E-state index is 10.9. The fourth-order valence-electron chi connectivity index (χ4n) is 0.962. The zero-order valence-electron chi connectivity index (χ0n) is 8.06. The second-order valence-corrected chi connectivity index (χ2v) is 2.72. The Morgan fingerprint density at radius 2 is 2.13 bits per heavy atom. The fraction of sp³-hybridized carbons (Fsp3) is 0.200. The number of hydrogen-bond donors (Lipinski definition) is 2. The summed E-state index contributed by atoms with van der Waals surface area (Å²) in [5.74, 6) is 0.336. The van der Waals surface area contributed by atoms with Gasteiger partial charge in [0.2, 0.25) is 5.91 Å². The van der Waals surface area contributed by atoms with Gasteiger partial charge in [-0.15, -0.1) is 0 Å². The van der Waals surface area contributed by atoms with Crippen molar-refractivity contribution in [3.05, 3.63) is 24.3 Å². The Hall–Kier alpha value is -2.06. The molecule has 5 heteroatoms. The molecule has 0 saturated carbocycles. The molecule has 0 radical (unpaired) electrons. The first-order chi connectivity index (χ1) is 7.26. The highest BCUT2D eigenvalue weighted by atomic mass is 16.5. The quantitative estimate of drug-likeness (QED) is 0.748. The number of ether oxygens (including phenoxy) is 1. The topological polar surface area (TPSA) is 88.1 Å². The van der Waals surface area contributed by atoms with E-state index < -0.39 is 0 Å². The van der Waals surface area contributed by atoms with Crippen molar-refractivity contribution in [2.24, 2.45) is 5.73 Å². The van der Waals surface area contributed by atoms with Crippen LogP contribution in [0.3, 0.4) is 0 Å². The van der Waals surface area contributed by atoms with Crippen LogP contribution in [-0.4, -0.2) is 19.1 Å². The van der Waals surface area contributed by atoms with Crippen molar-refractivity contribution in [3.63, 3.8) is 0 Å². The van der Waals surface area contributed by atoms with Gasteiger partial charge in [-0.3, -0.25) is 4.79 Å². The summed E-state index contributed by atoms with van der Waals surface area (Å²) in [6, 6.07) is 8.57.